The number of ether oxygens (including phenoxy) is 1. The molecule has 0 unspecified atom stereocenters. The highest BCUT2D eigenvalue weighted by molar-refractivity contribution is 7.07. The van der Waals surface area contributed by atoms with Crippen molar-refractivity contribution in [1.29, 1.82) is 0 Å². The fourth-order valence-corrected chi connectivity index (χ4v) is 3.71. The first-order valence-electron chi connectivity index (χ1n) is 7.94. The Morgan fingerprint density at radius 1 is 0.958 bits per heavy atom. The fraction of sp³-hybridized carbons (Fsp3) is 0.250. The minimum atomic E-state index is -0.0590. The predicted molar refractivity (Wildman–Crippen MR) is 101 cm³/mol. The SMILES string of the molecule is COc1ccc(N=c2scc(-c3ccccc3)n2C(C)(C)C)cc1. The van der Waals surface area contributed by atoms with Crippen molar-refractivity contribution in [1.82, 2.24) is 4.57 Å². The van der Waals surface area contributed by atoms with Crippen LogP contribution in [0.3, 0.4) is 0 Å². The summed E-state index contributed by atoms with van der Waals surface area (Å²) in [5.74, 6) is 0.841. The van der Waals surface area contributed by atoms with Gasteiger partial charge in [-0.3, -0.25) is 0 Å². The highest BCUT2D eigenvalue weighted by Crippen LogP contribution is 2.26. The van der Waals surface area contributed by atoms with E-state index in [1.807, 2.05) is 30.3 Å². The van der Waals surface area contributed by atoms with Gasteiger partial charge in [0.1, 0.15) is 5.75 Å². The lowest BCUT2D eigenvalue weighted by Crippen LogP contribution is -2.31. The Labute approximate surface area is 146 Å². The molecule has 0 aliphatic heterocycles. The van der Waals surface area contributed by atoms with Crippen LogP contribution < -0.4 is 9.54 Å². The second kappa shape index (κ2) is 6.65. The highest BCUT2D eigenvalue weighted by Gasteiger charge is 2.19. The summed E-state index contributed by atoms with van der Waals surface area (Å²) in [6.07, 6.45) is 0. The lowest BCUT2D eigenvalue weighted by Gasteiger charge is -2.24. The van der Waals surface area contributed by atoms with Crippen molar-refractivity contribution in [2.24, 2.45) is 4.99 Å². The van der Waals surface area contributed by atoms with Gasteiger partial charge in [-0.05, 0) is 50.6 Å². The molecule has 0 N–H and O–H groups in total. The van der Waals surface area contributed by atoms with E-state index in [2.05, 4.69) is 55.0 Å². The largest absolute Gasteiger partial charge is 0.497 e. The summed E-state index contributed by atoms with van der Waals surface area (Å²) in [6, 6.07) is 18.3. The number of hydrogen-bond donors (Lipinski definition) is 0. The molecule has 2 aromatic carbocycles. The molecule has 3 aromatic rings. The monoisotopic (exact) mass is 338 g/mol. The van der Waals surface area contributed by atoms with Crippen molar-refractivity contribution in [2.45, 2.75) is 26.3 Å². The molecule has 0 spiro atoms. The predicted octanol–water partition coefficient (Wildman–Crippen LogP) is 5.21. The van der Waals surface area contributed by atoms with E-state index in [4.69, 9.17) is 9.73 Å². The molecule has 3 rings (SSSR count). The number of nitrogens with zero attached hydrogens (tertiary/aromatic N) is 2. The van der Waals surface area contributed by atoms with Gasteiger partial charge in [0.05, 0.1) is 18.5 Å². The summed E-state index contributed by atoms with van der Waals surface area (Å²) in [7, 11) is 1.67. The summed E-state index contributed by atoms with van der Waals surface area (Å²) in [4.78, 5) is 5.85. The van der Waals surface area contributed by atoms with Crippen LogP contribution in [-0.4, -0.2) is 11.7 Å². The third-order valence-electron chi connectivity index (χ3n) is 3.75. The van der Waals surface area contributed by atoms with E-state index in [0.717, 1.165) is 16.2 Å². The topological polar surface area (TPSA) is 26.5 Å². The Bertz CT molecular complexity index is 868. The zero-order chi connectivity index (χ0) is 17.2. The average Bonchev–Trinajstić information content (AvgIpc) is 3.00. The minimum absolute atomic E-state index is 0.0590. The summed E-state index contributed by atoms with van der Waals surface area (Å²) >= 11 is 1.67. The Balaban J connectivity index is 2.14. The number of thiazole rings is 1. The van der Waals surface area contributed by atoms with E-state index in [1.54, 1.807) is 18.4 Å². The molecule has 1 aromatic heterocycles. The molecule has 0 saturated heterocycles. The summed E-state index contributed by atoms with van der Waals surface area (Å²) in [5.41, 5.74) is 3.27. The molecule has 1 heterocycles. The van der Waals surface area contributed by atoms with E-state index in [9.17, 15) is 0 Å². The lowest BCUT2D eigenvalue weighted by atomic mass is 10.1. The van der Waals surface area contributed by atoms with Crippen molar-refractivity contribution in [3.8, 4) is 17.0 Å². The highest BCUT2D eigenvalue weighted by atomic mass is 32.1. The molecule has 0 saturated carbocycles. The van der Waals surface area contributed by atoms with Crippen LogP contribution in [0, 0.1) is 0 Å². The smallest absolute Gasteiger partial charge is 0.190 e. The molecular weight excluding hydrogens is 316 g/mol. The van der Waals surface area contributed by atoms with E-state index in [-0.39, 0.29) is 5.54 Å². The Hall–Kier alpha value is -2.33. The molecule has 0 fully saturated rings. The van der Waals surface area contributed by atoms with Crippen LogP contribution in [0.4, 0.5) is 5.69 Å². The normalized spacial score (nSPS) is 12.4. The van der Waals surface area contributed by atoms with Crippen LogP contribution in [0.25, 0.3) is 11.3 Å². The van der Waals surface area contributed by atoms with Gasteiger partial charge in [0.2, 0.25) is 0 Å². The first-order valence-corrected chi connectivity index (χ1v) is 8.82. The molecule has 0 aliphatic carbocycles. The number of rotatable bonds is 3. The lowest BCUT2D eigenvalue weighted by molar-refractivity contribution is 0.392. The second-order valence-electron chi connectivity index (χ2n) is 6.59. The van der Waals surface area contributed by atoms with Crippen molar-refractivity contribution in [3.63, 3.8) is 0 Å². The van der Waals surface area contributed by atoms with Crippen LogP contribution in [0.2, 0.25) is 0 Å². The van der Waals surface area contributed by atoms with Crippen molar-refractivity contribution < 1.29 is 4.74 Å². The molecule has 0 bridgehead atoms. The van der Waals surface area contributed by atoms with Gasteiger partial charge in [0.25, 0.3) is 0 Å². The maximum absolute atomic E-state index is 5.22. The van der Waals surface area contributed by atoms with E-state index in [1.165, 1.54) is 11.3 Å². The zero-order valence-corrected chi connectivity index (χ0v) is 15.3. The Morgan fingerprint density at radius 3 is 2.21 bits per heavy atom. The molecular formula is C20H22N2OS. The Morgan fingerprint density at radius 2 is 1.62 bits per heavy atom. The molecule has 124 valence electrons. The molecule has 3 nitrogen and oxygen atoms in total. The van der Waals surface area contributed by atoms with Crippen molar-refractivity contribution >= 4 is 17.0 Å². The van der Waals surface area contributed by atoms with E-state index < -0.39 is 0 Å². The van der Waals surface area contributed by atoms with Crippen LogP contribution in [0.5, 0.6) is 5.75 Å². The summed E-state index contributed by atoms with van der Waals surface area (Å²) < 4.78 is 7.52. The van der Waals surface area contributed by atoms with Crippen molar-refractivity contribution in [3.05, 3.63) is 64.8 Å². The number of hydrogen-bond acceptors (Lipinski definition) is 3. The molecule has 24 heavy (non-hydrogen) atoms. The van der Waals surface area contributed by atoms with Crippen LogP contribution in [-0.2, 0) is 5.54 Å². The zero-order valence-electron chi connectivity index (χ0n) is 14.5. The number of benzene rings is 2. The van der Waals surface area contributed by atoms with Gasteiger partial charge >= 0.3 is 0 Å². The third kappa shape index (κ3) is 3.44. The second-order valence-corrected chi connectivity index (χ2v) is 7.42. The van der Waals surface area contributed by atoms with Gasteiger partial charge in [-0.15, -0.1) is 11.3 Å². The van der Waals surface area contributed by atoms with E-state index >= 15 is 0 Å². The van der Waals surface area contributed by atoms with Gasteiger partial charge in [0, 0.05) is 10.9 Å². The fourth-order valence-electron chi connectivity index (χ4n) is 2.61. The first kappa shape index (κ1) is 16.5. The third-order valence-corrected chi connectivity index (χ3v) is 4.57. The molecule has 0 radical (unpaired) electrons. The quantitative estimate of drug-likeness (QED) is 0.643. The molecule has 0 amide bonds. The first-order chi connectivity index (χ1) is 11.5. The van der Waals surface area contributed by atoms with Crippen LogP contribution >= 0.6 is 11.3 Å². The van der Waals surface area contributed by atoms with Gasteiger partial charge in [0.15, 0.2) is 4.80 Å². The van der Waals surface area contributed by atoms with Gasteiger partial charge in [-0.1, -0.05) is 30.3 Å². The average molecular weight is 338 g/mol. The van der Waals surface area contributed by atoms with Crippen LogP contribution in [0.15, 0.2) is 65.0 Å². The molecule has 0 aliphatic rings. The Kier molecular flexibility index (Phi) is 4.58. The van der Waals surface area contributed by atoms with E-state index in [0.29, 0.717) is 0 Å². The van der Waals surface area contributed by atoms with Gasteiger partial charge in [-0.2, -0.15) is 0 Å². The van der Waals surface area contributed by atoms with Crippen molar-refractivity contribution in [2.75, 3.05) is 7.11 Å². The summed E-state index contributed by atoms with van der Waals surface area (Å²) in [6.45, 7) is 6.62. The maximum atomic E-state index is 5.22. The van der Waals surface area contributed by atoms with Gasteiger partial charge < -0.3 is 9.30 Å². The summed E-state index contributed by atoms with van der Waals surface area (Å²) in [5, 5.41) is 2.18. The number of aromatic nitrogens is 1. The molecule has 0 atom stereocenters. The number of methoxy groups -OCH3 is 1. The van der Waals surface area contributed by atoms with Gasteiger partial charge in [-0.25, -0.2) is 4.99 Å². The van der Waals surface area contributed by atoms with Crippen LogP contribution in [0.1, 0.15) is 20.8 Å². The maximum Gasteiger partial charge on any atom is 0.190 e. The molecule has 4 heteroatoms. The minimum Gasteiger partial charge on any atom is -0.497 e. The standard InChI is InChI=1S/C20H22N2OS/c1-20(2,3)22-18(15-8-6-5-7-9-15)14-24-19(22)21-16-10-12-17(23-4)13-11-16/h5-14H,1-4H3.